The summed E-state index contributed by atoms with van der Waals surface area (Å²) in [7, 11) is 0. The molecule has 1 aliphatic heterocycles. The minimum atomic E-state index is 0.357. The molecule has 2 aromatic carbocycles. The molecule has 2 aromatic rings. The normalized spacial score (nSPS) is 13.9. The number of aliphatic imine (C=N–C) groups is 1. The monoisotopic (exact) mass is 391 g/mol. The van der Waals surface area contributed by atoms with Gasteiger partial charge in [-0.1, -0.05) is 59.1 Å². The molecule has 0 saturated carbocycles. The summed E-state index contributed by atoms with van der Waals surface area (Å²) in [5.41, 5.74) is 3.66. The van der Waals surface area contributed by atoms with Crippen LogP contribution in [-0.4, -0.2) is 12.3 Å². The number of rotatable bonds is 5. The molecule has 0 atom stereocenters. The minimum Gasteiger partial charge on any atom is -0.494 e. The fourth-order valence-electron chi connectivity index (χ4n) is 2.48. The van der Waals surface area contributed by atoms with Crippen LogP contribution in [0.2, 0.25) is 15.1 Å². The molecule has 0 amide bonds. The summed E-state index contributed by atoms with van der Waals surface area (Å²) in [6, 6.07) is 11.5. The largest absolute Gasteiger partial charge is 0.494 e. The lowest BCUT2D eigenvalue weighted by Gasteiger charge is -2.06. The van der Waals surface area contributed by atoms with Gasteiger partial charge in [0.1, 0.15) is 5.75 Å². The van der Waals surface area contributed by atoms with Crippen LogP contribution in [0, 0.1) is 0 Å². The Morgan fingerprint density at radius 3 is 2.48 bits per heavy atom. The zero-order valence-corrected chi connectivity index (χ0v) is 15.9. The third-order valence-electron chi connectivity index (χ3n) is 3.74. The Hall–Kier alpha value is -1.74. The molecule has 128 valence electrons. The summed E-state index contributed by atoms with van der Waals surface area (Å²) in [4.78, 5) is 4.63. The van der Waals surface area contributed by atoms with Gasteiger partial charge in [-0.25, -0.2) is 0 Å². The van der Waals surface area contributed by atoms with Crippen LogP contribution in [0.25, 0.3) is 11.8 Å². The van der Waals surface area contributed by atoms with Crippen molar-refractivity contribution >= 4 is 52.3 Å². The number of halogens is 3. The average Bonchev–Trinajstić information content (AvgIpc) is 3.08. The van der Waals surface area contributed by atoms with Crippen molar-refractivity contribution in [3.05, 3.63) is 74.7 Å². The van der Waals surface area contributed by atoms with Crippen LogP contribution in [0.15, 0.2) is 53.5 Å². The zero-order chi connectivity index (χ0) is 17.8. The van der Waals surface area contributed by atoms with E-state index in [1.807, 2.05) is 55.5 Å². The highest BCUT2D eigenvalue weighted by atomic mass is 35.5. The van der Waals surface area contributed by atoms with E-state index in [1.54, 1.807) is 6.07 Å². The average molecular weight is 393 g/mol. The summed E-state index contributed by atoms with van der Waals surface area (Å²) in [5, 5.41) is 1.23. The Morgan fingerprint density at radius 2 is 1.76 bits per heavy atom. The standard InChI is InChI=1S/C20H16Cl3NO/c1-2-25-15-8-4-13(5-9-15)3-6-14-7-12-18(24-14)16-10-11-17(21)20(23)19(16)22/h3-6,8-12H,2,7H2,1H3/b6-3+. The summed E-state index contributed by atoms with van der Waals surface area (Å²) >= 11 is 18.4. The smallest absolute Gasteiger partial charge is 0.119 e. The topological polar surface area (TPSA) is 21.6 Å². The molecule has 25 heavy (non-hydrogen) atoms. The summed E-state index contributed by atoms with van der Waals surface area (Å²) in [5.74, 6) is 0.871. The van der Waals surface area contributed by atoms with E-state index in [9.17, 15) is 0 Å². The minimum absolute atomic E-state index is 0.357. The molecule has 0 spiro atoms. The van der Waals surface area contributed by atoms with Crippen LogP contribution in [0.3, 0.4) is 0 Å². The van der Waals surface area contributed by atoms with Gasteiger partial charge in [0.25, 0.3) is 0 Å². The van der Waals surface area contributed by atoms with Gasteiger partial charge in [0.15, 0.2) is 0 Å². The molecule has 0 bridgehead atoms. The van der Waals surface area contributed by atoms with Gasteiger partial charge in [0.05, 0.1) is 27.4 Å². The third-order valence-corrected chi connectivity index (χ3v) is 5.03. The molecule has 0 aliphatic carbocycles. The SMILES string of the molecule is CCOc1ccc(/C=C/C2=NC(c3ccc(Cl)c(Cl)c3Cl)=CC2)cc1. The molecule has 2 nitrogen and oxygen atoms in total. The maximum absolute atomic E-state index is 6.28. The highest BCUT2D eigenvalue weighted by molar-refractivity contribution is 6.48. The van der Waals surface area contributed by atoms with Gasteiger partial charge in [-0.15, -0.1) is 0 Å². The van der Waals surface area contributed by atoms with Crippen molar-refractivity contribution in [3.63, 3.8) is 0 Å². The quantitative estimate of drug-likeness (QED) is 0.505. The van der Waals surface area contributed by atoms with Crippen molar-refractivity contribution in [2.45, 2.75) is 13.3 Å². The molecule has 5 heteroatoms. The molecule has 0 saturated heterocycles. The van der Waals surface area contributed by atoms with Gasteiger partial charge < -0.3 is 4.74 Å². The summed E-state index contributed by atoms with van der Waals surface area (Å²) < 4.78 is 5.44. The highest BCUT2D eigenvalue weighted by Gasteiger charge is 2.15. The van der Waals surface area contributed by atoms with Gasteiger partial charge in [0, 0.05) is 17.7 Å². The molecule has 3 rings (SSSR count). The van der Waals surface area contributed by atoms with Gasteiger partial charge in [0.2, 0.25) is 0 Å². The predicted molar refractivity (Wildman–Crippen MR) is 108 cm³/mol. The second-order valence-corrected chi connectivity index (χ2v) is 6.62. The predicted octanol–water partition coefficient (Wildman–Crippen LogP) is 6.94. The van der Waals surface area contributed by atoms with Crippen LogP contribution < -0.4 is 4.74 Å². The van der Waals surface area contributed by atoms with E-state index in [1.165, 1.54) is 0 Å². The van der Waals surface area contributed by atoms with Gasteiger partial charge >= 0.3 is 0 Å². The van der Waals surface area contributed by atoms with Crippen LogP contribution in [0.5, 0.6) is 5.75 Å². The molecule has 1 heterocycles. The molecule has 1 aliphatic rings. The van der Waals surface area contributed by atoms with Gasteiger partial charge in [-0.2, -0.15) is 0 Å². The molecule has 0 aromatic heterocycles. The molecule has 0 unspecified atom stereocenters. The first-order chi connectivity index (χ1) is 12.1. The highest BCUT2D eigenvalue weighted by Crippen LogP contribution is 2.37. The van der Waals surface area contributed by atoms with E-state index in [2.05, 4.69) is 4.99 Å². The van der Waals surface area contributed by atoms with Gasteiger partial charge in [-0.05, 0) is 42.8 Å². The van der Waals surface area contributed by atoms with Crippen molar-refractivity contribution in [1.29, 1.82) is 0 Å². The number of hydrogen-bond acceptors (Lipinski definition) is 2. The van der Waals surface area contributed by atoms with Crippen LogP contribution in [0.4, 0.5) is 0 Å². The molecular weight excluding hydrogens is 377 g/mol. The number of allylic oxidation sites excluding steroid dienone is 2. The van der Waals surface area contributed by atoms with E-state index in [0.29, 0.717) is 21.7 Å². The number of benzene rings is 2. The van der Waals surface area contributed by atoms with Crippen molar-refractivity contribution in [2.75, 3.05) is 6.61 Å². The third kappa shape index (κ3) is 4.27. The van der Waals surface area contributed by atoms with Crippen molar-refractivity contribution < 1.29 is 4.74 Å². The first-order valence-corrected chi connectivity index (χ1v) is 9.04. The van der Waals surface area contributed by atoms with Crippen molar-refractivity contribution in [1.82, 2.24) is 0 Å². The summed E-state index contributed by atoms with van der Waals surface area (Å²) in [6.07, 6.45) is 6.81. The van der Waals surface area contributed by atoms with Crippen LogP contribution in [0.1, 0.15) is 24.5 Å². The molecular formula is C20H16Cl3NO. The lowest BCUT2D eigenvalue weighted by Crippen LogP contribution is -1.90. The van der Waals surface area contributed by atoms with E-state index in [-0.39, 0.29) is 0 Å². The first-order valence-electron chi connectivity index (χ1n) is 7.91. The van der Waals surface area contributed by atoms with E-state index in [4.69, 9.17) is 39.5 Å². The molecule has 0 N–H and O–H groups in total. The number of ether oxygens (including phenoxy) is 1. The number of hydrogen-bond donors (Lipinski definition) is 0. The Balaban J connectivity index is 1.74. The van der Waals surface area contributed by atoms with Crippen molar-refractivity contribution in [2.24, 2.45) is 4.99 Å². The van der Waals surface area contributed by atoms with Crippen molar-refractivity contribution in [3.8, 4) is 5.75 Å². The Labute approximate surface area is 162 Å². The second kappa shape index (κ2) is 8.09. The van der Waals surface area contributed by atoms with E-state index >= 15 is 0 Å². The van der Waals surface area contributed by atoms with E-state index < -0.39 is 0 Å². The van der Waals surface area contributed by atoms with Crippen LogP contribution >= 0.6 is 34.8 Å². The lowest BCUT2D eigenvalue weighted by atomic mass is 10.1. The summed E-state index contributed by atoms with van der Waals surface area (Å²) in [6.45, 7) is 2.63. The van der Waals surface area contributed by atoms with Crippen LogP contribution in [-0.2, 0) is 0 Å². The fourth-order valence-corrected chi connectivity index (χ4v) is 3.11. The number of nitrogens with zero attached hydrogens (tertiary/aromatic N) is 1. The Bertz CT molecular complexity index is 867. The Morgan fingerprint density at radius 1 is 1.00 bits per heavy atom. The second-order valence-electron chi connectivity index (χ2n) is 5.45. The fraction of sp³-hybridized carbons (Fsp3) is 0.150. The molecule has 0 fully saturated rings. The lowest BCUT2D eigenvalue weighted by molar-refractivity contribution is 0.340. The Kier molecular flexibility index (Phi) is 5.85. The first kappa shape index (κ1) is 18.1. The van der Waals surface area contributed by atoms with E-state index in [0.717, 1.165) is 34.7 Å². The zero-order valence-electron chi connectivity index (χ0n) is 13.6. The molecule has 0 radical (unpaired) electrons. The maximum atomic E-state index is 6.28. The maximum Gasteiger partial charge on any atom is 0.119 e. The van der Waals surface area contributed by atoms with Gasteiger partial charge in [-0.3, -0.25) is 4.99 Å².